The van der Waals surface area contributed by atoms with Gasteiger partial charge in [0.15, 0.2) is 0 Å². The highest BCUT2D eigenvalue weighted by Gasteiger charge is 2.80. The van der Waals surface area contributed by atoms with Crippen molar-refractivity contribution in [3.05, 3.63) is 0 Å². The predicted octanol–water partition coefficient (Wildman–Crippen LogP) is 1.74. The molecular formula is C12H15F6NO7S2. The minimum Gasteiger partial charge on any atom is -0.459 e. The van der Waals surface area contributed by atoms with E-state index in [9.17, 15) is 48.6 Å². The van der Waals surface area contributed by atoms with E-state index in [2.05, 4.69) is 0 Å². The first-order valence-corrected chi connectivity index (χ1v) is 10.00. The summed E-state index contributed by atoms with van der Waals surface area (Å²) in [7, 11) is -6.84. The van der Waals surface area contributed by atoms with Crippen LogP contribution < -0.4 is 4.72 Å². The molecule has 164 valence electrons. The molecule has 0 radical (unpaired) electrons. The number of carbonyl (C=O) groups excluding carboxylic acids is 2. The Morgan fingerprint density at radius 2 is 1.61 bits per heavy atom. The van der Waals surface area contributed by atoms with E-state index in [0.29, 0.717) is 30.4 Å². The van der Waals surface area contributed by atoms with Gasteiger partial charge in [0.1, 0.15) is 12.0 Å². The van der Waals surface area contributed by atoms with E-state index in [-0.39, 0.29) is 0 Å². The summed E-state index contributed by atoms with van der Waals surface area (Å²) in [6, 6.07) is 0. The SMILES string of the molecule is CC1(OC(=O)CC(=O)NS(=O)(=O)C(F)(F)C(F)(F)C(F)(F)S(=O)O)CCCC1. The average molecular weight is 463 g/mol. The van der Waals surface area contributed by atoms with Crippen molar-refractivity contribution in [2.75, 3.05) is 0 Å². The Bertz CT molecular complexity index is 764. The molecule has 1 saturated carbocycles. The van der Waals surface area contributed by atoms with E-state index in [0.717, 1.165) is 0 Å². The van der Waals surface area contributed by atoms with Crippen LogP contribution in [0, 0.1) is 0 Å². The molecule has 1 unspecified atom stereocenters. The second-order valence-electron chi connectivity index (χ2n) is 6.19. The van der Waals surface area contributed by atoms with Crippen molar-refractivity contribution >= 4 is 33.0 Å². The van der Waals surface area contributed by atoms with Crippen LogP contribution in [0.25, 0.3) is 0 Å². The van der Waals surface area contributed by atoms with Gasteiger partial charge in [0.25, 0.3) is 0 Å². The molecule has 8 nitrogen and oxygen atoms in total. The zero-order valence-electron chi connectivity index (χ0n) is 14.0. The smallest absolute Gasteiger partial charge is 0.433 e. The van der Waals surface area contributed by atoms with Crippen LogP contribution in [0.1, 0.15) is 39.0 Å². The molecule has 0 aromatic rings. The number of halogens is 6. The summed E-state index contributed by atoms with van der Waals surface area (Å²) in [5.41, 5.74) is -0.972. The fourth-order valence-corrected chi connectivity index (χ4v) is 3.74. The summed E-state index contributed by atoms with van der Waals surface area (Å²) in [4.78, 5) is 23.0. The van der Waals surface area contributed by atoms with Gasteiger partial charge in [0.2, 0.25) is 17.0 Å². The van der Waals surface area contributed by atoms with E-state index >= 15 is 0 Å². The van der Waals surface area contributed by atoms with Gasteiger partial charge in [0, 0.05) is 0 Å². The topological polar surface area (TPSA) is 127 Å². The summed E-state index contributed by atoms with van der Waals surface area (Å²) >= 11 is -4.87. The largest absolute Gasteiger partial charge is 0.459 e. The van der Waals surface area contributed by atoms with Crippen LogP contribution >= 0.6 is 0 Å². The lowest BCUT2D eigenvalue weighted by molar-refractivity contribution is -0.244. The molecule has 1 aliphatic rings. The number of esters is 1. The van der Waals surface area contributed by atoms with Crippen LogP contribution in [-0.2, 0) is 35.4 Å². The van der Waals surface area contributed by atoms with Gasteiger partial charge in [-0.1, -0.05) is 0 Å². The maximum Gasteiger partial charge on any atom is 0.433 e. The molecule has 0 heterocycles. The van der Waals surface area contributed by atoms with Gasteiger partial charge >= 0.3 is 32.4 Å². The molecule has 1 rings (SSSR count). The van der Waals surface area contributed by atoms with Gasteiger partial charge in [-0.3, -0.25) is 9.59 Å². The lowest BCUT2D eigenvalue weighted by Gasteiger charge is -2.30. The number of hydrogen-bond acceptors (Lipinski definition) is 6. The second-order valence-corrected chi connectivity index (χ2v) is 8.93. The number of nitrogens with one attached hydrogen (secondary N) is 1. The van der Waals surface area contributed by atoms with Gasteiger partial charge < -0.3 is 9.29 Å². The van der Waals surface area contributed by atoms with Crippen LogP contribution in [0.3, 0.4) is 0 Å². The standard InChI is InChI=1S/C12H15F6NO7S2/c1-9(4-2-3-5-9)26-8(21)6-7(20)19-28(24,25)12(17,18)10(13,14)11(15,16)27(22)23/h2-6H2,1H3,(H,19,20)(H,22,23). The highest BCUT2D eigenvalue weighted by Crippen LogP contribution is 2.49. The first-order valence-electron chi connectivity index (χ1n) is 7.41. The first kappa shape index (κ1) is 24.6. The Kier molecular flexibility index (Phi) is 6.84. The Hall–Kier alpha value is -1.42. The highest BCUT2D eigenvalue weighted by atomic mass is 32.2. The van der Waals surface area contributed by atoms with Crippen molar-refractivity contribution in [2.45, 2.75) is 61.1 Å². The summed E-state index contributed by atoms with van der Waals surface area (Å²) in [5, 5.41) is -13.1. The lowest BCUT2D eigenvalue weighted by atomic mass is 10.1. The number of rotatable bonds is 8. The summed E-state index contributed by atoms with van der Waals surface area (Å²) < 4.78 is 126. The number of amides is 1. The summed E-state index contributed by atoms with van der Waals surface area (Å²) in [6.07, 6.45) is 0.726. The number of sulfonamides is 1. The lowest BCUT2D eigenvalue weighted by Crippen LogP contribution is -2.62. The first-order chi connectivity index (χ1) is 12.4. The van der Waals surface area contributed by atoms with Crippen molar-refractivity contribution in [3.63, 3.8) is 0 Å². The quantitative estimate of drug-likeness (QED) is 0.243. The Morgan fingerprint density at radius 1 is 1.14 bits per heavy atom. The normalized spacial score (nSPS) is 19.1. The van der Waals surface area contributed by atoms with E-state index in [4.69, 9.17) is 9.29 Å². The maximum absolute atomic E-state index is 13.5. The summed E-state index contributed by atoms with van der Waals surface area (Å²) in [5.74, 6) is -10.3. The predicted molar refractivity (Wildman–Crippen MR) is 80.3 cm³/mol. The minimum absolute atomic E-state index is 0.371. The second kappa shape index (κ2) is 7.78. The van der Waals surface area contributed by atoms with Crippen LogP contribution in [0.4, 0.5) is 26.3 Å². The van der Waals surface area contributed by atoms with Crippen LogP contribution in [0.15, 0.2) is 0 Å². The third-order valence-electron chi connectivity index (χ3n) is 3.86. The molecule has 0 spiro atoms. The minimum atomic E-state index is -6.87. The average Bonchev–Trinajstić information content (AvgIpc) is 2.91. The van der Waals surface area contributed by atoms with Crippen LogP contribution in [-0.4, -0.2) is 51.1 Å². The van der Waals surface area contributed by atoms with E-state index in [1.165, 1.54) is 6.92 Å². The fraction of sp³-hybridized carbons (Fsp3) is 0.833. The Balaban J connectivity index is 2.92. The van der Waals surface area contributed by atoms with E-state index < -0.39 is 61.4 Å². The molecule has 16 heteroatoms. The number of carbonyl (C=O) groups is 2. The molecule has 0 aliphatic heterocycles. The van der Waals surface area contributed by atoms with Crippen molar-refractivity contribution in [2.24, 2.45) is 0 Å². The number of alkyl halides is 6. The monoisotopic (exact) mass is 463 g/mol. The van der Waals surface area contributed by atoms with Gasteiger partial charge in [0.05, 0.1) is 0 Å². The molecule has 1 amide bonds. The molecule has 28 heavy (non-hydrogen) atoms. The summed E-state index contributed by atoms with van der Waals surface area (Å²) in [6.45, 7) is 1.50. The van der Waals surface area contributed by atoms with E-state index in [1.807, 2.05) is 0 Å². The molecular weight excluding hydrogens is 448 g/mol. The molecule has 1 atom stereocenters. The fourth-order valence-electron chi connectivity index (χ4n) is 2.36. The van der Waals surface area contributed by atoms with Gasteiger partial charge in [-0.05, 0) is 32.6 Å². The molecule has 1 fully saturated rings. The van der Waals surface area contributed by atoms with Gasteiger partial charge in [-0.2, -0.15) is 34.8 Å². The molecule has 1 aliphatic carbocycles. The zero-order valence-corrected chi connectivity index (χ0v) is 15.6. The van der Waals surface area contributed by atoms with Crippen LogP contribution in [0.2, 0.25) is 0 Å². The van der Waals surface area contributed by atoms with Crippen LogP contribution in [0.5, 0.6) is 0 Å². The van der Waals surface area contributed by atoms with Gasteiger partial charge in [-0.25, -0.2) is 8.93 Å². The van der Waals surface area contributed by atoms with E-state index in [1.54, 1.807) is 0 Å². The molecule has 0 aromatic heterocycles. The molecule has 0 aromatic carbocycles. The van der Waals surface area contributed by atoms with Crippen molar-refractivity contribution < 1.29 is 57.8 Å². The van der Waals surface area contributed by atoms with Crippen molar-refractivity contribution in [1.29, 1.82) is 0 Å². The molecule has 2 N–H and O–H groups in total. The Morgan fingerprint density at radius 3 is 2.04 bits per heavy atom. The molecule has 0 bridgehead atoms. The number of ether oxygens (including phenoxy) is 1. The molecule has 0 saturated heterocycles. The maximum atomic E-state index is 13.5. The zero-order chi connectivity index (χ0) is 22.2. The number of hydrogen-bond donors (Lipinski definition) is 2. The van der Waals surface area contributed by atoms with Crippen molar-refractivity contribution in [1.82, 2.24) is 4.72 Å². The highest BCUT2D eigenvalue weighted by molar-refractivity contribution is 7.91. The third kappa shape index (κ3) is 4.59. The van der Waals surface area contributed by atoms with Crippen molar-refractivity contribution in [3.8, 4) is 0 Å². The van der Waals surface area contributed by atoms with Gasteiger partial charge in [-0.15, -0.1) is 0 Å². The Labute approximate surface area is 157 Å². The third-order valence-corrected chi connectivity index (χ3v) is 5.99.